The van der Waals surface area contributed by atoms with E-state index in [0.29, 0.717) is 39.4 Å². The largest absolute Gasteiger partial charge is 0.463 e. The maximum atomic E-state index is 12.9. The average Bonchev–Trinajstić information content (AvgIpc) is 3.44. The first kappa shape index (κ1) is 21.9. The van der Waals surface area contributed by atoms with Crippen LogP contribution in [0.2, 0.25) is 0 Å². The molecular formula is C28H20N2O5. The molecule has 0 aliphatic heterocycles. The van der Waals surface area contributed by atoms with Crippen molar-refractivity contribution in [2.45, 2.75) is 0 Å². The van der Waals surface area contributed by atoms with Gasteiger partial charge in [-0.15, -0.1) is 0 Å². The summed E-state index contributed by atoms with van der Waals surface area (Å²) in [5.41, 5.74) is 1.98. The Balaban J connectivity index is 1.24. The summed E-state index contributed by atoms with van der Waals surface area (Å²) in [6.07, 6.45) is 1.54. The summed E-state index contributed by atoms with van der Waals surface area (Å²) in [4.78, 5) is 29.8. The number of carbonyl (C=O) groups is 2. The fourth-order valence-corrected chi connectivity index (χ4v) is 3.53. The first-order valence-corrected chi connectivity index (χ1v) is 10.9. The van der Waals surface area contributed by atoms with E-state index in [0.717, 1.165) is 5.75 Å². The molecule has 0 unspecified atom stereocenters. The van der Waals surface area contributed by atoms with E-state index in [4.69, 9.17) is 13.9 Å². The number of nitrogens with zero attached hydrogens (tertiary/aromatic N) is 1. The molecule has 0 atom stereocenters. The number of amides is 1. The Morgan fingerprint density at radius 1 is 0.829 bits per heavy atom. The van der Waals surface area contributed by atoms with Crippen molar-refractivity contribution in [2.24, 2.45) is 0 Å². The van der Waals surface area contributed by atoms with Gasteiger partial charge in [0.2, 0.25) is 0 Å². The van der Waals surface area contributed by atoms with Crippen LogP contribution in [0.5, 0.6) is 11.5 Å². The number of nitrogens with one attached hydrogen (secondary N) is 1. The lowest BCUT2D eigenvalue weighted by atomic mass is 10.1. The Hall–Kier alpha value is -4.91. The maximum Gasteiger partial charge on any atom is 0.339 e. The minimum atomic E-state index is -0.627. The Morgan fingerprint density at radius 3 is 2.34 bits per heavy atom. The lowest BCUT2D eigenvalue weighted by molar-refractivity contribution is -0.119. The van der Waals surface area contributed by atoms with Gasteiger partial charge in [-0.25, -0.2) is 9.78 Å². The van der Waals surface area contributed by atoms with Crippen molar-refractivity contribution in [1.82, 2.24) is 4.98 Å². The number of carbonyl (C=O) groups excluding carboxylic acids is 2. The van der Waals surface area contributed by atoms with Crippen molar-refractivity contribution >= 4 is 28.5 Å². The van der Waals surface area contributed by atoms with E-state index >= 15 is 0 Å². The van der Waals surface area contributed by atoms with Gasteiger partial charge in [-0.3, -0.25) is 4.79 Å². The second-order valence-electron chi connectivity index (χ2n) is 7.61. The molecule has 172 valence electrons. The number of hydrogen-bond acceptors (Lipinski definition) is 6. The van der Waals surface area contributed by atoms with Crippen LogP contribution in [0.15, 0.2) is 108 Å². The highest BCUT2D eigenvalue weighted by Crippen LogP contribution is 2.26. The third-order valence-electron chi connectivity index (χ3n) is 5.16. The molecule has 3 aromatic carbocycles. The third kappa shape index (κ3) is 5.20. The highest BCUT2D eigenvalue weighted by Gasteiger charge is 2.17. The molecule has 7 heteroatoms. The van der Waals surface area contributed by atoms with Gasteiger partial charge in [0.1, 0.15) is 17.2 Å². The van der Waals surface area contributed by atoms with Gasteiger partial charge in [-0.1, -0.05) is 36.4 Å². The molecule has 2 heterocycles. The van der Waals surface area contributed by atoms with E-state index < -0.39 is 18.5 Å². The molecule has 0 spiro atoms. The minimum Gasteiger partial charge on any atom is -0.463 e. The van der Waals surface area contributed by atoms with Gasteiger partial charge in [0.15, 0.2) is 12.4 Å². The van der Waals surface area contributed by atoms with Crippen molar-refractivity contribution in [1.29, 1.82) is 0 Å². The first-order chi connectivity index (χ1) is 17.2. The summed E-state index contributed by atoms with van der Waals surface area (Å²) < 4.78 is 16.5. The van der Waals surface area contributed by atoms with Crippen LogP contribution in [0, 0.1) is 0 Å². The lowest BCUT2D eigenvalue weighted by Gasteiger charge is -2.10. The summed E-state index contributed by atoms with van der Waals surface area (Å²) in [5, 5.41) is 3.34. The molecule has 1 N–H and O–H groups in total. The molecule has 0 radical (unpaired) electrons. The molecule has 7 nitrogen and oxygen atoms in total. The molecule has 0 fully saturated rings. The first-order valence-electron chi connectivity index (χ1n) is 10.9. The summed E-state index contributed by atoms with van der Waals surface area (Å²) in [6, 6.07) is 28.6. The monoisotopic (exact) mass is 464 g/mol. The summed E-state index contributed by atoms with van der Waals surface area (Å²) in [7, 11) is 0. The molecule has 0 bridgehead atoms. The van der Waals surface area contributed by atoms with E-state index in [2.05, 4.69) is 10.3 Å². The number of benzene rings is 3. The normalized spacial score (nSPS) is 10.6. The smallest absolute Gasteiger partial charge is 0.339 e. The van der Waals surface area contributed by atoms with E-state index in [-0.39, 0.29) is 0 Å². The highest BCUT2D eigenvalue weighted by molar-refractivity contribution is 6.05. The SMILES string of the molecule is O=C(COC(=O)c1cc(-c2ccco2)nc2ccccc12)Nc1ccc(Oc2ccccc2)cc1. The Kier molecular flexibility index (Phi) is 6.21. The van der Waals surface area contributed by atoms with Crippen LogP contribution in [0.1, 0.15) is 10.4 Å². The summed E-state index contributed by atoms with van der Waals surface area (Å²) in [5.74, 6) is 0.799. The van der Waals surface area contributed by atoms with Crippen molar-refractivity contribution in [3.8, 4) is 23.0 Å². The molecule has 1 amide bonds. The van der Waals surface area contributed by atoms with Crippen LogP contribution in [-0.4, -0.2) is 23.5 Å². The van der Waals surface area contributed by atoms with E-state index in [1.165, 1.54) is 6.26 Å². The molecule has 5 rings (SSSR count). The van der Waals surface area contributed by atoms with Crippen molar-refractivity contribution < 1.29 is 23.5 Å². The standard InChI is InChI=1S/C28H20N2O5/c31-27(29-19-12-14-21(15-13-19)35-20-7-2-1-3-8-20)18-34-28(32)23-17-25(26-11-6-16-33-26)30-24-10-5-4-9-22(23)24/h1-17H,18H2,(H,29,31). The van der Waals surface area contributed by atoms with Gasteiger partial charge in [0.25, 0.3) is 5.91 Å². The number of rotatable bonds is 7. The number of anilines is 1. The van der Waals surface area contributed by atoms with Crippen LogP contribution in [0.25, 0.3) is 22.4 Å². The Bertz CT molecular complexity index is 1460. The highest BCUT2D eigenvalue weighted by atomic mass is 16.5. The molecule has 0 saturated carbocycles. The minimum absolute atomic E-state index is 0.303. The second-order valence-corrected chi connectivity index (χ2v) is 7.61. The van der Waals surface area contributed by atoms with Gasteiger partial charge in [0, 0.05) is 11.1 Å². The average molecular weight is 464 g/mol. The van der Waals surface area contributed by atoms with Crippen LogP contribution < -0.4 is 10.1 Å². The number of aromatic nitrogens is 1. The van der Waals surface area contributed by atoms with E-state index in [1.54, 1.807) is 54.6 Å². The molecule has 5 aromatic rings. The zero-order valence-electron chi connectivity index (χ0n) is 18.5. The quantitative estimate of drug-likeness (QED) is 0.294. The van der Waals surface area contributed by atoms with E-state index in [9.17, 15) is 9.59 Å². The zero-order chi connectivity index (χ0) is 24.0. The number of para-hydroxylation sites is 2. The number of pyridine rings is 1. The Labute approximate surface area is 200 Å². The molecule has 0 saturated heterocycles. The topological polar surface area (TPSA) is 90.7 Å². The zero-order valence-corrected chi connectivity index (χ0v) is 18.5. The molecule has 0 aliphatic rings. The number of hydrogen-bond donors (Lipinski definition) is 1. The van der Waals surface area contributed by atoms with Crippen molar-refractivity contribution in [3.05, 3.63) is 109 Å². The van der Waals surface area contributed by atoms with E-state index in [1.807, 2.05) is 42.5 Å². The third-order valence-corrected chi connectivity index (χ3v) is 5.16. The molecule has 2 aromatic heterocycles. The van der Waals surface area contributed by atoms with Crippen molar-refractivity contribution in [3.63, 3.8) is 0 Å². The number of fused-ring (bicyclic) bond motifs is 1. The number of ether oxygens (including phenoxy) is 2. The van der Waals surface area contributed by atoms with Crippen LogP contribution in [0.4, 0.5) is 5.69 Å². The fourth-order valence-electron chi connectivity index (χ4n) is 3.53. The van der Waals surface area contributed by atoms with Crippen LogP contribution in [0.3, 0.4) is 0 Å². The van der Waals surface area contributed by atoms with Gasteiger partial charge in [0.05, 0.1) is 17.3 Å². The predicted molar refractivity (Wildman–Crippen MR) is 131 cm³/mol. The number of esters is 1. The van der Waals surface area contributed by atoms with Crippen LogP contribution >= 0.6 is 0 Å². The molecule has 0 aliphatic carbocycles. The maximum absolute atomic E-state index is 12.9. The van der Waals surface area contributed by atoms with Crippen LogP contribution in [-0.2, 0) is 9.53 Å². The van der Waals surface area contributed by atoms with Gasteiger partial charge < -0.3 is 19.2 Å². The molecular weight excluding hydrogens is 444 g/mol. The summed E-state index contributed by atoms with van der Waals surface area (Å²) in [6.45, 7) is -0.437. The lowest BCUT2D eigenvalue weighted by Crippen LogP contribution is -2.21. The fraction of sp³-hybridized carbons (Fsp3) is 0.0357. The Morgan fingerprint density at radius 2 is 1.57 bits per heavy atom. The second kappa shape index (κ2) is 9.93. The molecule has 35 heavy (non-hydrogen) atoms. The number of furan rings is 1. The van der Waals surface area contributed by atoms with Gasteiger partial charge >= 0.3 is 5.97 Å². The van der Waals surface area contributed by atoms with Gasteiger partial charge in [-0.05, 0) is 60.7 Å². The van der Waals surface area contributed by atoms with Gasteiger partial charge in [-0.2, -0.15) is 0 Å². The van der Waals surface area contributed by atoms with Crippen molar-refractivity contribution in [2.75, 3.05) is 11.9 Å². The summed E-state index contributed by atoms with van der Waals surface area (Å²) >= 11 is 0. The predicted octanol–water partition coefficient (Wildman–Crippen LogP) is 6.08.